The molecule has 1 aromatic heterocycles. The minimum absolute atomic E-state index is 0.163. The highest BCUT2D eigenvalue weighted by Crippen LogP contribution is 2.40. The zero-order chi connectivity index (χ0) is 23.3. The quantitative estimate of drug-likeness (QED) is 0.300. The second-order valence-electron chi connectivity index (χ2n) is 7.62. The Bertz CT molecular complexity index is 1390. The molecule has 1 aliphatic heterocycles. The third kappa shape index (κ3) is 4.63. The number of hydrogen-bond acceptors (Lipinski definition) is 5. The molecule has 1 fully saturated rings. The van der Waals surface area contributed by atoms with E-state index < -0.39 is 0 Å². The monoisotopic (exact) mass is 463 g/mol. The summed E-state index contributed by atoms with van der Waals surface area (Å²) in [7, 11) is 0. The molecule has 0 aliphatic carbocycles. The lowest BCUT2D eigenvalue weighted by atomic mass is 10.2. The van der Waals surface area contributed by atoms with Crippen molar-refractivity contribution >= 4 is 52.4 Å². The Morgan fingerprint density at radius 3 is 2.15 bits per heavy atom. The van der Waals surface area contributed by atoms with Crippen molar-refractivity contribution in [2.45, 2.75) is 6.92 Å². The number of anilines is 1. The first-order valence-electron chi connectivity index (χ1n) is 10.8. The SMILES string of the molecule is Cc1noc(/C=C/c2ccccc2)c1N1C(=O)/C(=C/c2ccccc2)SC1=Nc1ccccc1. The average Bonchev–Trinajstić information content (AvgIpc) is 3.37. The number of hydrogen-bond donors (Lipinski definition) is 0. The van der Waals surface area contributed by atoms with E-state index in [-0.39, 0.29) is 5.91 Å². The van der Waals surface area contributed by atoms with E-state index in [9.17, 15) is 4.79 Å². The number of amidine groups is 1. The number of nitrogens with zero attached hydrogens (tertiary/aromatic N) is 3. The maximum absolute atomic E-state index is 13.7. The van der Waals surface area contributed by atoms with Gasteiger partial charge in [0.25, 0.3) is 5.91 Å². The zero-order valence-electron chi connectivity index (χ0n) is 18.5. The van der Waals surface area contributed by atoms with E-state index in [1.807, 2.05) is 116 Å². The Hall–Kier alpha value is -4.16. The summed E-state index contributed by atoms with van der Waals surface area (Å²) in [5, 5.41) is 4.71. The number of aliphatic imine (C=N–C) groups is 1. The smallest absolute Gasteiger partial charge is 0.271 e. The summed E-state index contributed by atoms with van der Waals surface area (Å²) in [5.74, 6) is 0.334. The first-order valence-corrected chi connectivity index (χ1v) is 11.6. The number of carbonyl (C=O) groups is 1. The molecule has 5 nitrogen and oxygen atoms in total. The standard InChI is InChI=1S/C28H21N3O2S/c1-20-26(24(33-30-20)18-17-21-11-5-2-6-12-21)31-27(32)25(19-22-13-7-3-8-14-22)34-28(31)29-23-15-9-4-10-16-23/h2-19H,1H3/b18-17+,25-19-,29-28?. The van der Waals surface area contributed by atoms with Crippen LogP contribution < -0.4 is 4.90 Å². The van der Waals surface area contributed by atoms with E-state index >= 15 is 0 Å². The molecular weight excluding hydrogens is 442 g/mol. The van der Waals surface area contributed by atoms with Gasteiger partial charge in [0.1, 0.15) is 11.4 Å². The molecule has 1 saturated heterocycles. The molecule has 34 heavy (non-hydrogen) atoms. The molecule has 166 valence electrons. The van der Waals surface area contributed by atoms with Crippen LogP contribution in [0.2, 0.25) is 0 Å². The Kier molecular flexibility index (Phi) is 6.23. The topological polar surface area (TPSA) is 58.7 Å². The van der Waals surface area contributed by atoms with Crippen molar-refractivity contribution in [1.29, 1.82) is 0 Å². The van der Waals surface area contributed by atoms with Gasteiger partial charge in [-0.2, -0.15) is 0 Å². The molecule has 0 saturated carbocycles. The van der Waals surface area contributed by atoms with Gasteiger partial charge in [-0.05, 0) is 54.1 Å². The molecule has 3 aromatic carbocycles. The zero-order valence-corrected chi connectivity index (χ0v) is 19.3. The molecule has 0 spiro atoms. The van der Waals surface area contributed by atoms with Gasteiger partial charge >= 0.3 is 0 Å². The first kappa shape index (κ1) is 21.7. The first-order chi connectivity index (χ1) is 16.7. The van der Waals surface area contributed by atoms with Crippen molar-refractivity contribution < 1.29 is 9.32 Å². The molecule has 0 N–H and O–H groups in total. The number of thioether (sulfide) groups is 1. The van der Waals surface area contributed by atoms with Crippen molar-refractivity contribution in [2.24, 2.45) is 4.99 Å². The van der Waals surface area contributed by atoms with Crippen LogP contribution in [0.25, 0.3) is 18.2 Å². The Balaban J connectivity index is 1.59. The van der Waals surface area contributed by atoms with Crippen LogP contribution in [0.3, 0.4) is 0 Å². The highest BCUT2D eigenvalue weighted by atomic mass is 32.2. The molecule has 5 rings (SSSR count). The van der Waals surface area contributed by atoms with Crippen molar-refractivity contribution in [3.05, 3.63) is 118 Å². The molecule has 0 unspecified atom stereocenters. The predicted octanol–water partition coefficient (Wildman–Crippen LogP) is 6.96. The van der Waals surface area contributed by atoms with Crippen molar-refractivity contribution in [2.75, 3.05) is 4.90 Å². The fourth-order valence-corrected chi connectivity index (χ4v) is 4.55. The van der Waals surface area contributed by atoms with E-state index in [4.69, 9.17) is 9.52 Å². The van der Waals surface area contributed by atoms with Crippen molar-refractivity contribution in [3.8, 4) is 0 Å². The normalized spacial score (nSPS) is 16.3. The summed E-state index contributed by atoms with van der Waals surface area (Å²) in [6.45, 7) is 1.83. The number of para-hydroxylation sites is 1. The minimum atomic E-state index is -0.163. The highest BCUT2D eigenvalue weighted by molar-refractivity contribution is 8.19. The molecule has 6 heteroatoms. The number of amides is 1. The van der Waals surface area contributed by atoms with Crippen LogP contribution in [0.15, 0.2) is 105 Å². The molecular formula is C28H21N3O2S. The number of benzene rings is 3. The van der Waals surface area contributed by atoms with Gasteiger partial charge in [-0.25, -0.2) is 9.89 Å². The van der Waals surface area contributed by atoms with Gasteiger partial charge in [0.15, 0.2) is 10.9 Å². The molecule has 2 heterocycles. The summed E-state index contributed by atoms with van der Waals surface area (Å²) in [5.41, 5.74) is 3.94. The second-order valence-corrected chi connectivity index (χ2v) is 8.63. The molecule has 0 bridgehead atoms. The van der Waals surface area contributed by atoms with Crippen LogP contribution in [0.1, 0.15) is 22.6 Å². The number of carbonyl (C=O) groups excluding carboxylic acids is 1. The van der Waals surface area contributed by atoms with Gasteiger partial charge in [-0.3, -0.25) is 4.79 Å². The van der Waals surface area contributed by atoms with E-state index in [2.05, 4.69) is 5.16 Å². The number of aromatic nitrogens is 1. The molecule has 1 amide bonds. The van der Waals surface area contributed by atoms with Crippen LogP contribution in [0, 0.1) is 6.92 Å². The van der Waals surface area contributed by atoms with Gasteiger partial charge in [0, 0.05) is 0 Å². The van der Waals surface area contributed by atoms with E-state index in [0.29, 0.717) is 27.2 Å². The fraction of sp³-hybridized carbons (Fsp3) is 0.0357. The summed E-state index contributed by atoms with van der Waals surface area (Å²) in [4.78, 5) is 20.6. The van der Waals surface area contributed by atoms with Crippen LogP contribution in [0.5, 0.6) is 0 Å². The third-order valence-electron chi connectivity index (χ3n) is 5.19. The summed E-state index contributed by atoms with van der Waals surface area (Å²) < 4.78 is 5.62. The summed E-state index contributed by atoms with van der Waals surface area (Å²) in [6.07, 6.45) is 5.66. The summed E-state index contributed by atoms with van der Waals surface area (Å²) in [6, 6.07) is 29.3. The summed E-state index contributed by atoms with van der Waals surface area (Å²) >= 11 is 1.34. The minimum Gasteiger partial charge on any atom is -0.354 e. The highest BCUT2D eigenvalue weighted by Gasteiger charge is 2.38. The van der Waals surface area contributed by atoms with Crippen molar-refractivity contribution in [1.82, 2.24) is 5.16 Å². The Labute approximate surface area is 202 Å². The van der Waals surface area contributed by atoms with Gasteiger partial charge < -0.3 is 4.52 Å². The van der Waals surface area contributed by atoms with E-state index in [1.54, 1.807) is 4.90 Å². The van der Waals surface area contributed by atoms with Gasteiger partial charge in [-0.15, -0.1) is 0 Å². The van der Waals surface area contributed by atoms with Gasteiger partial charge in [0.2, 0.25) is 0 Å². The van der Waals surface area contributed by atoms with Crippen LogP contribution >= 0.6 is 11.8 Å². The average molecular weight is 464 g/mol. The van der Waals surface area contributed by atoms with E-state index in [1.165, 1.54) is 11.8 Å². The van der Waals surface area contributed by atoms with Gasteiger partial charge in [-0.1, -0.05) is 90.1 Å². The lowest BCUT2D eigenvalue weighted by Gasteiger charge is -2.15. The number of aryl methyl sites for hydroxylation is 1. The lowest BCUT2D eigenvalue weighted by molar-refractivity contribution is -0.113. The Morgan fingerprint density at radius 1 is 0.853 bits per heavy atom. The Morgan fingerprint density at radius 2 is 1.47 bits per heavy atom. The molecule has 0 atom stereocenters. The maximum Gasteiger partial charge on any atom is 0.271 e. The molecule has 1 aliphatic rings. The predicted molar refractivity (Wildman–Crippen MR) is 140 cm³/mol. The van der Waals surface area contributed by atoms with Gasteiger partial charge in [0.05, 0.1) is 10.6 Å². The fourth-order valence-electron chi connectivity index (χ4n) is 3.56. The van der Waals surface area contributed by atoms with Crippen LogP contribution in [-0.2, 0) is 4.79 Å². The molecule has 4 aromatic rings. The van der Waals surface area contributed by atoms with Crippen molar-refractivity contribution in [3.63, 3.8) is 0 Å². The van der Waals surface area contributed by atoms with Crippen LogP contribution in [-0.4, -0.2) is 16.2 Å². The molecule has 0 radical (unpaired) electrons. The second kappa shape index (κ2) is 9.77. The number of rotatable bonds is 5. The van der Waals surface area contributed by atoms with E-state index in [0.717, 1.165) is 16.8 Å². The maximum atomic E-state index is 13.7. The largest absolute Gasteiger partial charge is 0.354 e. The van der Waals surface area contributed by atoms with Crippen LogP contribution in [0.4, 0.5) is 11.4 Å². The lowest BCUT2D eigenvalue weighted by Crippen LogP contribution is -2.29. The third-order valence-corrected chi connectivity index (χ3v) is 6.16.